The van der Waals surface area contributed by atoms with Gasteiger partial charge < -0.3 is 24.8 Å². The molecule has 0 aromatic heterocycles. The van der Waals surface area contributed by atoms with Gasteiger partial charge in [0.2, 0.25) is 0 Å². The molecule has 142 valence electrons. The first kappa shape index (κ1) is 21.9. The average molecular weight is 455 g/mol. The highest BCUT2D eigenvalue weighted by Crippen LogP contribution is 2.29. The smallest absolute Gasteiger partial charge is 0.194 e. The van der Waals surface area contributed by atoms with Crippen molar-refractivity contribution in [2.24, 2.45) is 10.9 Å². The first-order valence-electron chi connectivity index (χ1n) is 8.99. The van der Waals surface area contributed by atoms with Crippen LogP contribution in [0.4, 0.5) is 0 Å². The molecule has 0 amide bonds. The van der Waals surface area contributed by atoms with Crippen molar-refractivity contribution in [1.29, 1.82) is 0 Å². The van der Waals surface area contributed by atoms with Crippen molar-refractivity contribution in [3.8, 4) is 0 Å². The molecule has 0 aromatic rings. The molecule has 0 radical (unpaired) electrons. The lowest BCUT2D eigenvalue weighted by Gasteiger charge is -2.24. The molecular formula is C17H34IN3O3. The Bertz CT molecular complexity index is 376. The minimum atomic E-state index is -0.580. The fraction of sp³-hybridized carbons (Fsp3) is 0.941. The third-order valence-corrected chi connectivity index (χ3v) is 4.76. The zero-order chi connectivity index (χ0) is 16.5. The molecule has 1 aliphatic heterocycles. The Labute approximate surface area is 163 Å². The maximum atomic E-state index is 10.5. The summed E-state index contributed by atoms with van der Waals surface area (Å²) in [4.78, 5) is 7.01. The Morgan fingerprint density at radius 3 is 2.75 bits per heavy atom. The molecule has 7 heteroatoms. The Kier molecular flexibility index (Phi) is 10.5. The second-order valence-electron chi connectivity index (χ2n) is 6.77. The van der Waals surface area contributed by atoms with Crippen LogP contribution in [0.15, 0.2) is 4.99 Å². The highest BCUT2D eigenvalue weighted by atomic mass is 127. The van der Waals surface area contributed by atoms with E-state index in [1.165, 1.54) is 0 Å². The number of hydrogen-bond donors (Lipinski definition) is 2. The maximum absolute atomic E-state index is 10.5. The Hall–Kier alpha value is -0.120. The molecule has 1 saturated carbocycles. The number of nitrogens with one attached hydrogen (secondary N) is 1. The van der Waals surface area contributed by atoms with Crippen LogP contribution in [-0.4, -0.2) is 74.7 Å². The van der Waals surface area contributed by atoms with E-state index in [1.807, 2.05) is 0 Å². The molecule has 1 aliphatic carbocycles. The van der Waals surface area contributed by atoms with Crippen LogP contribution < -0.4 is 5.32 Å². The molecule has 1 unspecified atom stereocenters. The van der Waals surface area contributed by atoms with Crippen LogP contribution in [0.1, 0.15) is 39.0 Å². The van der Waals surface area contributed by atoms with Gasteiger partial charge in [-0.25, -0.2) is 0 Å². The molecule has 0 spiro atoms. The standard InChI is InChI=1S/C17H33N3O3.HI/c1-3-18-16(19-14-17(21)7-4-5-8-17)20-9-6-15(12-20)13-23-11-10-22-2;/h15,21H,3-14H2,1-2H3,(H,18,19);1H. The summed E-state index contributed by atoms with van der Waals surface area (Å²) >= 11 is 0. The Balaban J connectivity index is 0.00000288. The summed E-state index contributed by atoms with van der Waals surface area (Å²) < 4.78 is 10.7. The molecular weight excluding hydrogens is 421 g/mol. The molecule has 2 N–H and O–H groups in total. The Morgan fingerprint density at radius 1 is 1.33 bits per heavy atom. The fourth-order valence-corrected chi connectivity index (χ4v) is 3.39. The van der Waals surface area contributed by atoms with E-state index < -0.39 is 5.60 Å². The van der Waals surface area contributed by atoms with Crippen LogP contribution in [0.3, 0.4) is 0 Å². The van der Waals surface area contributed by atoms with E-state index in [2.05, 4.69) is 17.1 Å². The van der Waals surface area contributed by atoms with Crippen LogP contribution in [-0.2, 0) is 9.47 Å². The SMILES string of the molecule is CCNC(=NCC1(O)CCCC1)N1CCC(COCCOC)C1.I. The van der Waals surface area contributed by atoms with Gasteiger partial charge in [0.05, 0.1) is 32.0 Å². The third kappa shape index (κ3) is 7.01. The minimum absolute atomic E-state index is 0. The highest BCUT2D eigenvalue weighted by molar-refractivity contribution is 14.0. The topological polar surface area (TPSA) is 66.3 Å². The van der Waals surface area contributed by atoms with Gasteiger partial charge in [0.15, 0.2) is 5.96 Å². The maximum Gasteiger partial charge on any atom is 0.194 e. The second-order valence-corrected chi connectivity index (χ2v) is 6.77. The van der Waals surface area contributed by atoms with Crippen molar-refractivity contribution >= 4 is 29.9 Å². The number of methoxy groups -OCH3 is 1. The van der Waals surface area contributed by atoms with Crippen molar-refractivity contribution in [1.82, 2.24) is 10.2 Å². The van der Waals surface area contributed by atoms with Gasteiger partial charge in [-0.2, -0.15) is 0 Å². The van der Waals surface area contributed by atoms with Gasteiger partial charge in [-0.3, -0.25) is 4.99 Å². The molecule has 2 aliphatic rings. The van der Waals surface area contributed by atoms with E-state index >= 15 is 0 Å². The number of hydrogen-bond acceptors (Lipinski definition) is 4. The molecule has 24 heavy (non-hydrogen) atoms. The molecule has 6 nitrogen and oxygen atoms in total. The van der Waals surface area contributed by atoms with Crippen molar-refractivity contribution in [3.05, 3.63) is 0 Å². The number of aliphatic hydroxyl groups is 1. The van der Waals surface area contributed by atoms with Crippen LogP contribution in [0, 0.1) is 5.92 Å². The van der Waals surface area contributed by atoms with Gasteiger partial charge in [0, 0.05) is 32.7 Å². The highest BCUT2D eigenvalue weighted by Gasteiger charge is 2.31. The third-order valence-electron chi connectivity index (χ3n) is 4.76. The fourth-order valence-electron chi connectivity index (χ4n) is 3.39. The number of nitrogens with zero attached hydrogens (tertiary/aromatic N) is 2. The molecule has 1 atom stereocenters. The van der Waals surface area contributed by atoms with Gasteiger partial charge in [-0.15, -0.1) is 24.0 Å². The van der Waals surface area contributed by atoms with E-state index in [-0.39, 0.29) is 24.0 Å². The molecule has 0 aromatic carbocycles. The molecule has 2 fully saturated rings. The predicted molar refractivity (Wildman–Crippen MR) is 107 cm³/mol. The minimum Gasteiger partial charge on any atom is -0.388 e. The lowest BCUT2D eigenvalue weighted by molar-refractivity contribution is 0.0533. The second kappa shape index (κ2) is 11.5. The van der Waals surface area contributed by atoms with E-state index in [0.717, 1.165) is 64.3 Å². The number of ether oxygens (including phenoxy) is 2. The summed E-state index contributed by atoms with van der Waals surface area (Å²) in [6.45, 7) is 7.52. The van der Waals surface area contributed by atoms with E-state index in [0.29, 0.717) is 25.7 Å². The van der Waals surface area contributed by atoms with E-state index in [9.17, 15) is 5.11 Å². The predicted octanol–water partition coefficient (Wildman–Crippen LogP) is 1.86. The first-order valence-corrected chi connectivity index (χ1v) is 8.99. The molecule has 2 rings (SSSR count). The summed E-state index contributed by atoms with van der Waals surface area (Å²) in [5, 5.41) is 13.9. The molecule has 1 heterocycles. The van der Waals surface area contributed by atoms with Crippen LogP contribution >= 0.6 is 24.0 Å². The monoisotopic (exact) mass is 455 g/mol. The number of likely N-dealkylation sites (tertiary alicyclic amines) is 1. The van der Waals surface area contributed by atoms with Gasteiger partial charge >= 0.3 is 0 Å². The van der Waals surface area contributed by atoms with Crippen molar-refractivity contribution in [2.75, 3.05) is 53.1 Å². The molecule has 0 bridgehead atoms. The van der Waals surface area contributed by atoms with Crippen molar-refractivity contribution in [2.45, 2.75) is 44.6 Å². The largest absolute Gasteiger partial charge is 0.388 e. The molecule has 1 saturated heterocycles. The lowest BCUT2D eigenvalue weighted by atomic mass is 10.0. The van der Waals surface area contributed by atoms with Crippen LogP contribution in [0.2, 0.25) is 0 Å². The van der Waals surface area contributed by atoms with E-state index in [1.54, 1.807) is 7.11 Å². The van der Waals surface area contributed by atoms with Gasteiger partial charge in [-0.1, -0.05) is 12.8 Å². The Morgan fingerprint density at radius 2 is 2.08 bits per heavy atom. The van der Waals surface area contributed by atoms with Crippen molar-refractivity contribution in [3.63, 3.8) is 0 Å². The summed E-state index contributed by atoms with van der Waals surface area (Å²) in [5.74, 6) is 1.48. The number of guanidine groups is 1. The van der Waals surface area contributed by atoms with Crippen molar-refractivity contribution < 1.29 is 14.6 Å². The lowest BCUT2D eigenvalue weighted by Crippen LogP contribution is -2.41. The average Bonchev–Trinajstić information content (AvgIpc) is 3.18. The zero-order valence-electron chi connectivity index (χ0n) is 15.1. The summed E-state index contributed by atoms with van der Waals surface area (Å²) in [6.07, 6.45) is 5.12. The first-order chi connectivity index (χ1) is 11.2. The summed E-state index contributed by atoms with van der Waals surface area (Å²) in [7, 11) is 1.69. The van der Waals surface area contributed by atoms with Gasteiger partial charge in [0.25, 0.3) is 0 Å². The summed E-state index contributed by atoms with van der Waals surface area (Å²) in [6, 6.07) is 0. The normalized spacial score (nSPS) is 23.4. The van der Waals surface area contributed by atoms with Crippen LogP contribution in [0.25, 0.3) is 0 Å². The summed E-state index contributed by atoms with van der Waals surface area (Å²) in [5.41, 5.74) is -0.580. The zero-order valence-corrected chi connectivity index (χ0v) is 17.5. The van der Waals surface area contributed by atoms with Gasteiger partial charge in [0.1, 0.15) is 0 Å². The number of rotatable bonds is 8. The van der Waals surface area contributed by atoms with Crippen LogP contribution in [0.5, 0.6) is 0 Å². The number of aliphatic imine (C=N–C) groups is 1. The van der Waals surface area contributed by atoms with Gasteiger partial charge in [-0.05, 0) is 26.2 Å². The quantitative estimate of drug-likeness (QED) is 0.253. The van der Waals surface area contributed by atoms with E-state index in [4.69, 9.17) is 14.5 Å². The number of halogens is 1.